The average Bonchev–Trinajstić information content (AvgIpc) is 2.98. The van der Waals surface area contributed by atoms with Crippen molar-refractivity contribution in [2.75, 3.05) is 6.61 Å². The second-order valence-electron chi connectivity index (χ2n) is 6.02. The Labute approximate surface area is 136 Å². The van der Waals surface area contributed by atoms with Gasteiger partial charge in [-0.2, -0.15) is 0 Å². The van der Waals surface area contributed by atoms with Crippen LogP contribution in [0.5, 0.6) is 0 Å². The number of aryl methyl sites for hydroxylation is 1. The minimum Gasteiger partial charge on any atom is -0.456 e. The molecule has 1 saturated heterocycles. The molecule has 0 aromatic carbocycles. The molecular formula is C17H25NO3S. The van der Waals surface area contributed by atoms with Crippen LogP contribution in [0.2, 0.25) is 0 Å². The summed E-state index contributed by atoms with van der Waals surface area (Å²) < 4.78 is 5.15. The molecule has 0 bridgehead atoms. The van der Waals surface area contributed by atoms with E-state index in [0.29, 0.717) is 6.42 Å². The first-order valence-corrected chi connectivity index (χ1v) is 8.95. The van der Waals surface area contributed by atoms with E-state index < -0.39 is 0 Å². The molecule has 0 unspecified atom stereocenters. The first-order chi connectivity index (χ1) is 10.6. The Morgan fingerprint density at radius 3 is 2.68 bits per heavy atom. The second-order valence-corrected chi connectivity index (χ2v) is 7.06. The van der Waals surface area contributed by atoms with Gasteiger partial charge in [0.05, 0.1) is 0 Å². The van der Waals surface area contributed by atoms with Gasteiger partial charge in [-0.3, -0.25) is 9.59 Å². The van der Waals surface area contributed by atoms with Gasteiger partial charge in [-0.05, 0) is 57.4 Å². The molecule has 0 aliphatic carbocycles. The Balaban J connectivity index is 1.67. The summed E-state index contributed by atoms with van der Waals surface area (Å²) in [6.45, 7) is 4.01. The predicted molar refractivity (Wildman–Crippen MR) is 87.8 cm³/mol. The monoisotopic (exact) mass is 323 g/mol. The van der Waals surface area contributed by atoms with Crippen LogP contribution in [0.25, 0.3) is 0 Å². The van der Waals surface area contributed by atoms with Gasteiger partial charge < -0.3 is 9.64 Å². The van der Waals surface area contributed by atoms with Crippen LogP contribution in [0, 0.1) is 0 Å². The number of hydrogen-bond acceptors (Lipinski definition) is 4. The highest BCUT2D eigenvalue weighted by Crippen LogP contribution is 2.22. The van der Waals surface area contributed by atoms with Crippen LogP contribution in [-0.2, 0) is 20.7 Å². The third-order valence-corrected chi connectivity index (χ3v) is 5.16. The van der Waals surface area contributed by atoms with Gasteiger partial charge in [0.25, 0.3) is 5.91 Å². The molecule has 0 spiro atoms. The third-order valence-electron chi connectivity index (χ3n) is 4.22. The molecule has 5 heteroatoms. The Hall–Kier alpha value is -1.36. The van der Waals surface area contributed by atoms with Crippen LogP contribution in [0.1, 0.15) is 50.8 Å². The van der Waals surface area contributed by atoms with E-state index in [1.54, 1.807) is 11.3 Å². The molecule has 22 heavy (non-hydrogen) atoms. The number of piperidine rings is 1. The topological polar surface area (TPSA) is 46.6 Å². The molecule has 2 heterocycles. The molecule has 1 aromatic heterocycles. The number of ether oxygens (including phenoxy) is 1. The number of rotatable bonds is 6. The lowest BCUT2D eigenvalue weighted by Gasteiger charge is -2.38. The van der Waals surface area contributed by atoms with Crippen molar-refractivity contribution in [2.24, 2.45) is 0 Å². The zero-order chi connectivity index (χ0) is 15.9. The molecule has 1 amide bonds. The number of amides is 1. The maximum Gasteiger partial charge on any atom is 0.306 e. The molecule has 122 valence electrons. The summed E-state index contributed by atoms with van der Waals surface area (Å²) in [5, 5.41) is 2.03. The van der Waals surface area contributed by atoms with E-state index >= 15 is 0 Å². The fourth-order valence-electron chi connectivity index (χ4n) is 3.06. The van der Waals surface area contributed by atoms with Crippen molar-refractivity contribution in [3.63, 3.8) is 0 Å². The van der Waals surface area contributed by atoms with Crippen molar-refractivity contribution in [1.29, 1.82) is 0 Å². The van der Waals surface area contributed by atoms with E-state index in [2.05, 4.69) is 19.9 Å². The number of thiophene rings is 1. The van der Waals surface area contributed by atoms with Gasteiger partial charge in [0, 0.05) is 23.4 Å². The van der Waals surface area contributed by atoms with Crippen LogP contribution >= 0.6 is 11.3 Å². The minimum absolute atomic E-state index is 0.0636. The summed E-state index contributed by atoms with van der Waals surface area (Å²) in [4.78, 5) is 27.1. The van der Waals surface area contributed by atoms with Gasteiger partial charge in [0.2, 0.25) is 0 Å². The van der Waals surface area contributed by atoms with Crippen LogP contribution in [0.4, 0.5) is 0 Å². The van der Waals surface area contributed by atoms with Crippen molar-refractivity contribution >= 4 is 23.2 Å². The van der Waals surface area contributed by atoms with Gasteiger partial charge in [-0.15, -0.1) is 11.3 Å². The van der Waals surface area contributed by atoms with Gasteiger partial charge in [-0.1, -0.05) is 6.07 Å². The third kappa shape index (κ3) is 4.83. The average molecular weight is 323 g/mol. The molecule has 4 nitrogen and oxygen atoms in total. The Morgan fingerprint density at radius 1 is 1.32 bits per heavy atom. The fraction of sp³-hybridized carbons (Fsp3) is 0.647. The van der Waals surface area contributed by atoms with Crippen LogP contribution in [0.15, 0.2) is 17.5 Å². The Bertz CT molecular complexity index is 476. The number of hydrogen-bond donors (Lipinski definition) is 0. The molecule has 2 atom stereocenters. The molecule has 0 N–H and O–H groups in total. The van der Waals surface area contributed by atoms with Gasteiger partial charge in [-0.25, -0.2) is 0 Å². The first kappa shape index (κ1) is 17.0. The number of carbonyl (C=O) groups excluding carboxylic acids is 2. The highest BCUT2D eigenvalue weighted by atomic mass is 32.1. The number of carbonyl (C=O) groups is 2. The van der Waals surface area contributed by atoms with Gasteiger partial charge in [0.15, 0.2) is 6.61 Å². The van der Waals surface area contributed by atoms with Gasteiger partial charge >= 0.3 is 5.97 Å². The highest BCUT2D eigenvalue weighted by Gasteiger charge is 2.29. The van der Waals surface area contributed by atoms with E-state index in [9.17, 15) is 9.59 Å². The molecule has 1 aliphatic heterocycles. The number of likely N-dealkylation sites (tertiary alicyclic amines) is 1. The zero-order valence-corrected chi connectivity index (χ0v) is 14.2. The molecule has 0 saturated carbocycles. The van der Waals surface area contributed by atoms with Crippen molar-refractivity contribution in [1.82, 2.24) is 4.90 Å². The molecule has 1 fully saturated rings. The lowest BCUT2D eigenvalue weighted by molar-refractivity contribution is -0.154. The van der Waals surface area contributed by atoms with E-state index in [4.69, 9.17) is 4.74 Å². The Morgan fingerprint density at radius 2 is 2.05 bits per heavy atom. The van der Waals surface area contributed by atoms with Crippen LogP contribution in [0.3, 0.4) is 0 Å². The molecule has 0 radical (unpaired) electrons. The normalized spacial score (nSPS) is 21.6. The summed E-state index contributed by atoms with van der Waals surface area (Å²) >= 11 is 1.70. The van der Waals surface area contributed by atoms with Crippen LogP contribution in [-0.4, -0.2) is 35.5 Å². The zero-order valence-electron chi connectivity index (χ0n) is 13.4. The first-order valence-electron chi connectivity index (χ1n) is 8.07. The number of esters is 1. The molecule has 1 aromatic rings. The standard InChI is InChI=1S/C17H25NO3S/c1-13-6-3-7-14(2)18(13)16(19)12-21-17(20)10-4-8-15-9-5-11-22-15/h5,9,11,13-14H,3-4,6-8,10,12H2,1-2H3/t13-,14-/m0/s1. The summed E-state index contributed by atoms with van der Waals surface area (Å²) in [6.07, 6.45) is 5.26. The molecular weight excluding hydrogens is 298 g/mol. The minimum atomic E-state index is -0.276. The van der Waals surface area contributed by atoms with E-state index in [0.717, 1.165) is 32.1 Å². The maximum atomic E-state index is 12.2. The maximum absolute atomic E-state index is 12.2. The second kappa shape index (κ2) is 8.32. The fourth-order valence-corrected chi connectivity index (χ4v) is 3.81. The lowest BCUT2D eigenvalue weighted by Crippen LogP contribution is -2.49. The van der Waals surface area contributed by atoms with E-state index in [-0.39, 0.29) is 30.6 Å². The summed E-state index contributed by atoms with van der Waals surface area (Å²) in [6, 6.07) is 4.57. The van der Waals surface area contributed by atoms with Gasteiger partial charge in [0.1, 0.15) is 0 Å². The molecule has 1 aliphatic rings. The summed E-state index contributed by atoms with van der Waals surface area (Å²) in [7, 11) is 0. The summed E-state index contributed by atoms with van der Waals surface area (Å²) in [5.74, 6) is -0.339. The largest absolute Gasteiger partial charge is 0.456 e. The van der Waals surface area contributed by atoms with E-state index in [1.165, 1.54) is 4.88 Å². The van der Waals surface area contributed by atoms with Crippen molar-refractivity contribution in [2.45, 2.75) is 64.5 Å². The number of nitrogens with zero attached hydrogens (tertiary/aromatic N) is 1. The van der Waals surface area contributed by atoms with E-state index in [1.807, 2.05) is 16.3 Å². The summed E-state index contributed by atoms with van der Waals surface area (Å²) in [5.41, 5.74) is 0. The SMILES string of the molecule is C[C@H]1CCC[C@H](C)N1C(=O)COC(=O)CCCc1cccs1. The van der Waals surface area contributed by atoms with Crippen LogP contribution < -0.4 is 0 Å². The smallest absolute Gasteiger partial charge is 0.306 e. The van der Waals surface area contributed by atoms with Crippen molar-refractivity contribution < 1.29 is 14.3 Å². The Kier molecular flexibility index (Phi) is 6.43. The van der Waals surface area contributed by atoms with Crippen molar-refractivity contribution in [3.8, 4) is 0 Å². The molecule has 2 rings (SSSR count). The van der Waals surface area contributed by atoms with Crippen molar-refractivity contribution in [3.05, 3.63) is 22.4 Å². The lowest BCUT2D eigenvalue weighted by atomic mass is 9.97. The predicted octanol–water partition coefficient (Wildman–Crippen LogP) is 3.40. The quantitative estimate of drug-likeness (QED) is 0.754. The highest BCUT2D eigenvalue weighted by molar-refractivity contribution is 7.09.